The van der Waals surface area contributed by atoms with E-state index in [4.69, 9.17) is 11.6 Å². The highest BCUT2D eigenvalue weighted by molar-refractivity contribution is 6.30. The van der Waals surface area contributed by atoms with E-state index in [0.717, 1.165) is 5.69 Å². The van der Waals surface area contributed by atoms with Gasteiger partial charge in [-0.2, -0.15) is 4.98 Å². The second-order valence-electron chi connectivity index (χ2n) is 2.99. The Bertz CT molecular complexity index is 455. The lowest BCUT2D eigenvalue weighted by molar-refractivity contribution is 0.982. The second-order valence-corrected chi connectivity index (χ2v) is 3.42. The molecule has 0 bridgehead atoms. The monoisotopic (exact) mass is 220 g/mol. The minimum Gasteiger partial charge on any atom is -0.324 e. The van der Waals surface area contributed by atoms with Crippen LogP contribution in [0.15, 0.2) is 30.6 Å². The summed E-state index contributed by atoms with van der Waals surface area (Å²) in [7, 11) is 0. The Balaban J connectivity index is 2.18. The number of anilines is 2. The van der Waals surface area contributed by atoms with Crippen LogP contribution in [0, 0.1) is 6.92 Å². The molecule has 0 unspecified atom stereocenters. The van der Waals surface area contributed by atoms with Gasteiger partial charge in [0.1, 0.15) is 12.2 Å². The molecule has 0 saturated heterocycles. The van der Waals surface area contributed by atoms with E-state index in [1.165, 1.54) is 6.33 Å². The Hall–Kier alpha value is -1.68. The summed E-state index contributed by atoms with van der Waals surface area (Å²) in [6, 6.07) is 7.33. The van der Waals surface area contributed by atoms with E-state index >= 15 is 0 Å². The molecule has 76 valence electrons. The van der Waals surface area contributed by atoms with Crippen molar-refractivity contribution in [2.45, 2.75) is 6.92 Å². The fourth-order valence-corrected chi connectivity index (χ4v) is 1.23. The smallest absolute Gasteiger partial charge is 0.230 e. The summed E-state index contributed by atoms with van der Waals surface area (Å²) < 4.78 is 0. The van der Waals surface area contributed by atoms with Gasteiger partial charge in [-0.05, 0) is 31.2 Å². The van der Waals surface area contributed by atoms with E-state index in [1.54, 1.807) is 12.1 Å². The maximum absolute atomic E-state index is 5.77. The summed E-state index contributed by atoms with van der Waals surface area (Å²) in [6.45, 7) is 1.81. The van der Waals surface area contributed by atoms with Gasteiger partial charge in [0.05, 0.1) is 0 Å². The average Bonchev–Trinajstić information content (AvgIpc) is 2.22. The third kappa shape index (κ3) is 2.63. The van der Waals surface area contributed by atoms with Crippen LogP contribution in [0.4, 0.5) is 11.6 Å². The van der Waals surface area contributed by atoms with Gasteiger partial charge in [-0.3, -0.25) is 0 Å². The van der Waals surface area contributed by atoms with Crippen LogP contribution in [-0.2, 0) is 0 Å². The Morgan fingerprint density at radius 2 is 1.87 bits per heavy atom. The molecule has 1 aromatic heterocycles. The molecular formula is C10H9ClN4. The zero-order valence-electron chi connectivity index (χ0n) is 8.11. The molecule has 0 aliphatic rings. The lowest BCUT2D eigenvalue weighted by Crippen LogP contribution is -1.99. The van der Waals surface area contributed by atoms with Crippen LogP contribution < -0.4 is 5.32 Å². The van der Waals surface area contributed by atoms with Gasteiger partial charge < -0.3 is 5.32 Å². The van der Waals surface area contributed by atoms with Crippen molar-refractivity contribution in [3.05, 3.63) is 41.4 Å². The van der Waals surface area contributed by atoms with Gasteiger partial charge in [-0.1, -0.05) is 11.6 Å². The highest BCUT2D eigenvalue weighted by atomic mass is 35.5. The summed E-state index contributed by atoms with van der Waals surface area (Å²) >= 11 is 5.77. The van der Waals surface area contributed by atoms with Gasteiger partial charge >= 0.3 is 0 Å². The molecule has 5 heteroatoms. The molecule has 0 atom stereocenters. The number of halogens is 1. The van der Waals surface area contributed by atoms with Gasteiger partial charge in [0.25, 0.3) is 0 Å². The van der Waals surface area contributed by atoms with E-state index in [-0.39, 0.29) is 0 Å². The molecule has 0 amide bonds. The standard InChI is InChI=1S/C10H9ClN4/c1-7-12-6-13-10(14-7)15-9-4-2-8(11)3-5-9/h2-6H,1H3,(H,12,13,14,15). The summed E-state index contributed by atoms with van der Waals surface area (Å²) in [5.74, 6) is 1.21. The number of hydrogen-bond acceptors (Lipinski definition) is 4. The third-order valence-electron chi connectivity index (χ3n) is 1.79. The third-order valence-corrected chi connectivity index (χ3v) is 2.04. The molecule has 0 spiro atoms. The largest absolute Gasteiger partial charge is 0.324 e. The number of rotatable bonds is 2. The first-order chi connectivity index (χ1) is 7.24. The number of nitrogens with one attached hydrogen (secondary N) is 1. The lowest BCUT2D eigenvalue weighted by atomic mass is 10.3. The van der Waals surface area contributed by atoms with Gasteiger partial charge in [-0.15, -0.1) is 0 Å². The maximum Gasteiger partial charge on any atom is 0.230 e. The molecule has 0 saturated carbocycles. The Labute approximate surface area is 92.4 Å². The molecule has 0 fully saturated rings. The number of aryl methyl sites for hydroxylation is 1. The first-order valence-corrected chi connectivity index (χ1v) is 4.80. The molecule has 2 rings (SSSR count). The van der Waals surface area contributed by atoms with E-state index in [9.17, 15) is 0 Å². The first kappa shape index (κ1) is 9.86. The predicted octanol–water partition coefficient (Wildman–Crippen LogP) is 2.58. The molecule has 0 aliphatic carbocycles. The van der Waals surface area contributed by atoms with Gasteiger partial charge in [0, 0.05) is 10.7 Å². The van der Waals surface area contributed by atoms with Gasteiger partial charge in [0.15, 0.2) is 0 Å². The van der Waals surface area contributed by atoms with Crippen LogP contribution in [0.25, 0.3) is 0 Å². The summed E-state index contributed by atoms with van der Waals surface area (Å²) in [5.41, 5.74) is 0.894. The van der Waals surface area contributed by atoms with Crippen molar-refractivity contribution in [3.63, 3.8) is 0 Å². The SMILES string of the molecule is Cc1ncnc(Nc2ccc(Cl)cc2)n1. The maximum atomic E-state index is 5.77. The van der Waals surface area contributed by atoms with Crippen molar-refractivity contribution in [2.24, 2.45) is 0 Å². The average molecular weight is 221 g/mol. The van der Waals surface area contributed by atoms with Crippen molar-refractivity contribution in [1.29, 1.82) is 0 Å². The topological polar surface area (TPSA) is 50.7 Å². The summed E-state index contributed by atoms with van der Waals surface area (Å²) in [6.07, 6.45) is 1.47. The molecule has 1 aromatic carbocycles. The molecule has 0 radical (unpaired) electrons. The van der Waals surface area contributed by atoms with Crippen LogP contribution in [0.1, 0.15) is 5.82 Å². The number of hydrogen-bond donors (Lipinski definition) is 1. The quantitative estimate of drug-likeness (QED) is 0.845. The normalized spacial score (nSPS) is 10.0. The Morgan fingerprint density at radius 1 is 1.13 bits per heavy atom. The zero-order valence-corrected chi connectivity index (χ0v) is 8.86. The highest BCUT2D eigenvalue weighted by Crippen LogP contribution is 2.15. The van der Waals surface area contributed by atoms with E-state index in [1.807, 2.05) is 19.1 Å². The molecule has 4 nitrogen and oxygen atoms in total. The summed E-state index contributed by atoms with van der Waals surface area (Å²) in [4.78, 5) is 12.0. The van der Waals surface area contributed by atoms with Crippen LogP contribution in [0.5, 0.6) is 0 Å². The van der Waals surface area contributed by atoms with Crippen molar-refractivity contribution in [2.75, 3.05) is 5.32 Å². The molecule has 1 N–H and O–H groups in total. The fourth-order valence-electron chi connectivity index (χ4n) is 1.10. The van der Waals surface area contributed by atoms with Crippen molar-refractivity contribution < 1.29 is 0 Å². The minimum atomic E-state index is 0.532. The van der Waals surface area contributed by atoms with Crippen molar-refractivity contribution in [3.8, 4) is 0 Å². The van der Waals surface area contributed by atoms with Crippen LogP contribution in [0.3, 0.4) is 0 Å². The summed E-state index contributed by atoms with van der Waals surface area (Å²) in [5, 5.41) is 3.75. The highest BCUT2D eigenvalue weighted by Gasteiger charge is 1.97. The Kier molecular flexibility index (Phi) is 2.78. The molecule has 15 heavy (non-hydrogen) atoms. The molecule has 2 aromatic rings. The molecular weight excluding hydrogens is 212 g/mol. The van der Waals surface area contributed by atoms with E-state index in [0.29, 0.717) is 16.8 Å². The van der Waals surface area contributed by atoms with Crippen LogP contribution >= 0.6 is 11.6 Å². The van der Waals surface area contributed by atoms with Crippen LogP contribution in [0.2, 0.25) is 5.02 Å². The second kappa shape index (κ2) is 4.23. The number of aromatic nitrogens is 3. The predicted molar refractivity (Wildman–Crippen MR) is 59.3 cm³/mol. The number of benzene rings is 1. The van der Waals surface area contributed by atoms with Crippen molar-refractivity contribution >= 4 is 23.2 Å². The molecule has 1 heterocycles. The first-order valence-electron chi connectivity index (χ1n) is 4.42. The van der Waals surface area contributed by atoms with Gasteiger partial charge in [0.2, 0.25) is 5.95 Å². The minimum absolute atomic E-state index is 0.532. The zero-order chi connectivity index (χ0) is 10.7. The van der Waals surface area contributed by atoms with E-state index in [2.05, 4.69) is 20.3 Å². The van der Waals surface area contributed by atoms with Crippen molar-refractivity contribution in [1.82, 2.24) is 15.0 Å². The Morgan fingerprint density at radius 3 is 2.53 bits per heavy atom. The van der Waals surface area contributed by atoms with Crippen LogP contribution in [-0.4, -0.2) is 15.0 Å². The fraction of sp³-hybridized carbons (Fsp3) is 0.100. The van der Waals surface area contributed by atoms with E-state index < -0.39 is 0 Å². The lowest BCUT2D eigenvalue weighted by Gasteiger charge is -2.03. The van der Waals surface area contributed by atoms with Gasteiger partial charge in [-0.25, -0.2) is 9.97 Å². The molecule has 0 aliphatic heterocycles. The number of nitrogens with zero attached hydrogens (tertiary/aromatic N) is 3.